The van der Waals surface area contributed by atoms with Gasteiger partial charge in [0.2, 0.25) is 5.91 Å². The van der Waals surface area contributed by atoms with Gasteiger partial charge in [-0.1, -0.05) is 23.9 Å². The molecule has 0 saturated heterocycles. The summed E-state index contributed by atoms with van der Waals surface area (Å²) in [5, 5.41) is 5.82. The number of nitrogens with one attached hydrogen (secondary N) is 2. The van der Waals surface area contributed by atoms with E-state index in [1.807, 2.05) is 6.07 Å². The third kappa shape index (κ3) is 5.13. The molecule has 7 heteroatoms. The maximum absolute atomic E-state index is 12.3. The fourth-order valence-corrected chi connectivity index (χ4v) is 2.54. The lowest BCUT2D eigenvalue weighted by Gasteiger charge is -2.16. The predicted octanol–water partition coefficient (Wildman–Crippen LogP) is 4.45. The quantitative estimate of drug-likeness (QED) is 0.723. The van der Waals surface area contributed by atoms with Crippen LogP contribution in [0.15, 0.2) is 53.4 Å². The van der Waals surface area contributed by atoms with Crippen molar-refractivity contribution in [3.8, 4) is 5.75 Å². The number of rotatable bonds is 7. The molecule has 2 rings (SSSR count). The molecule has 0 unspecified atom stereocenters. The van der Waals surface area contributed by atoms with Gasteiger partial charge in [0.1, 0.15) is 11.8 Å². The van der Waals surface area contributed by atoms with E-state index >= 15 is 0 Å². The van der Waals surface area contributed by atoms with Crippen LogP contribution < -0.4 is 15.4 Å². The Morgan fingerprint density at radius 2 is 1.79 bits per heavy atom. The maximum Gasteiger partial charge on any atom is 0.288 e. The standard InChI is InChI=1S/C17H18F2N2O2S/c1-11(16(22)21-14-5-3-4-6-15(14)23-2)20-12-7-9-13(10-8-12)24-17(18)19/h3-11,17,20H,1-2H3,(H,21,22)/t11-/m0/s1. The van der Waals surface area contributed by atoms with Crippen LogP contribution in [0.2, 0.25) is 0 Å². The third-order valence-electron chi connectivity index (χ3n) is 3.22. The van der Waals surface area contributed by atoms with Crippen molar-refractivity contribution in [2.75, 3.05) is 17.7 Å². The number of carbonyl (C=O) groups excluding carboxylic acids is 1. The molecule has 0 fully saturated rings. The summed E-state index contributed by atoms with van der Waals surface area (Å²) < 4.78 is 29.8. The molecule has 2 N–H and O–H groups in total. The number of amides is 1. The lowest BCUT2D eigenvalue weighted by molar-refractivity contribution is -0.116. The average Bonchev–Trinajstić information content (AvgIpc) is 2.56. The Kier molecular flexibility index (Phi) is 6.43. The summed E-state index contributed by atoms with van der Waals surface area (Å²) in [7, 11) is 1.53. The first-order valence-electron chi connectivity index (χ1n) is 7.25. The summed E-state index contributed by atoms with van der Waals surface area (Å²) in [6.07, 6.45) is 0. The fraction of sp³-hybridized carbons (Fsp3) is 0.235. The molecule has 0 heterocycles. The Morgan fingerprint density at radius 3 is 2.42 bits per heavy atom. The highest BCUT2D eigenvalue weighted by Crippen LogP contribution is 2.26. The van der Waals surface area contributed by atoms with E-state index in [9.17, 15) is 13.6 Å². The van der Waals surface area contributed by atoms with Gasteiger partial charge in [0.25, 0.3) is 5.76 Å². The minimum absolute atomic E-state index is 0.231. The first-order valence-corrected chi connectivity index (χ1v) is 8.13. The molecule has 2 aromatic rings. The number of hydrogen-bond acceptors (Lipinski definition) is 4. The molecule has 4 nitrogen and oxygen atoms in total. The number of ether oxygens (including phenoxy) is 1. The Labute approximate surface area is 143 Å². The minimum atomic E-state index is -2.45. The number of methoxy groups -OCH3 is 1. The van der Waals surface area contributed by atoms with Crippen molar-refractivity contribution in [2.24, 2.45) is 0 Å². The van der Waals surface area contributed by atoms with Gasteiger partial charge >= 0.3 is 0 Å². The molecule has 1 atom stereocenters. The van der Waals surface area contributed by atoms with Gasteiger partial charge in [-0.15, -0.1) is 0 Å². The highest BCUT2D eigenvalue weighted by atomic mass is 32.2. The summed E-state index contributed by atoms with van der Waals surface area (Å²) in [5.74, 6) is -2.11. The highest BCUT2D eigenvalue weighted by Gasteiger charge is 2.15. The summed E-state index contributed by atoms with van der Waals surface area (Å²) >= 11 is 0.484. The van der Waals surface area contributed by atoms with Crippen molar-refractivity contribution in [1.29, 1.82) is 0 Å². The second-order valence-corrected chi connectivity index (χ2v) is 6.02. The van der Waals surface area contributed by atoms with Crippen LogP contribution >= 0.6 is 11.8 Å². The molecule has 0 aliphatic heterocycles. The van der Waals surface area contributed by atoms with Crippen LogP contribution in [0.1, 0.15) is 6.92 Å². The van der Waals surface area contributed by atoms with E-state index in [-0.39, 0.29) is 5.91 Å². The van der Waals surface area contributed by atoms with E-state index in [4.69, 9.17) is 4.74 Å². The van der Waals surface area contributed by atoms with Crippen molar-refractivity contribution in [1.82, 2.24) is 0 Å². The second-order valence-electron chi connectivity index (χ2n) is 4.96. The normalized spacial score (nSPS) is 11.9. The van der Waals surface area contributed by atoms with E-state index in [1.165, 1.54) is 7.11 Å². The molecule has 24 heavy (non-hydrogen) atoms. The average molecular weight is 352 g/mol. The molecule has 0 aromatic heterocycles. The van der Waals surface area contributed by atoms with Gasteiger partial charge in [-0.25, -0.2) is 0 Å². The van der Waals surface area contributed by atoms with Gasteiger partial charge in [0.05, 0.1) is 12.8 Å². The van der Waals surface area contributed by atoms with Crippen molar-refractivity contribution in [2.45, 2.75) is 23.6 Å². The van der Waals surface area contributed by atoms with E-state index in [1.54, 1.807) is 49.4 Å². The van der Waals surface area contributed by atoms with Gasteiger partial charge in [-0.2, -0.15) is 8.78 Å². The predicted molar refractivity (Wildman–Crippen MR) is 93.0 cm³/mol. The number of carbonyl (C=O) groups is 1. The number of para-hydroxylation sites is 2. The summed E-state index contributed by atoms with van der Waals surface area (Å²) in [4.78, 5) is 12.7. The summed E-state index contributed by atoms with van der Waals surface area (Å²) in [6.45, 7) is 1.71. The summed E-state index contributed by atoms with van der Waals surface area (Å²) in [6, 6.07) is 13.1. The Morgan fingerprint density at radius 1 is 1.12 bits per heavy atom. The lowest BCUT2D eigenvalue weighted by Crippen LogP contribution is -2.31. The zero-order chi connectivity index (χ0) is 17.5. The first kappa shape index (κ1) is 18.1. The van der Waals surface area contributed by atoms with E-state index in [0.717, 1.165) is 0 Å². The van der Waals surface area contributed by atoms with Crippen molar-refractivity contribution in [3.63, 3.8) is 0 Å². The number of benzene rings is 2. The minimum Gasteiger partial charge on any atom is -0.495 e. The first-order chi connectivity index (χ1) is 11.5. The number of thioether (sulfide) groups is 1. The fourth-order valence-electron chi connectivity index (χ4n) is 2.04. The van der Waals surface area contributed by atoms with Gasteiger partial charge in [0, 0.05) is 10.6 Å². The molecule has 0 radical (unpaired) electrons. The van der Waals surface area contributed by atoms with Crippen LogP contribution in [0.5, 0.6) is 5.75 Å². The maximum atomic E-state index is 12.3. The molecule has 128 valence electrons. The van der Waals surface area contributed by atoms with Gasteiger partial charge in [0.15, 0.2) is 0 Å². The molecule has 0 saturated carbocycles. The zero-order valence-corrected chi connectivity index (χ0v) is 14.1. The Balaban J connectivity index is 1.96. The monoisotopic (exact) mass is 352 g/mol. The van der Waals surface area contributed by atoms with Gasteiger partial charge < -0.3 is 15.4 Å². The zero-order valence-electron chi connectivity index (χ0n) is 13.3. The molecule has 1 amide bonds. The summed E-state index contributed by atoms with van der Waals surface area (Å²) in [5.41, 5.74) is 1.26. The Hall–Kier alpha value is -2.28. The molecular weight excluding hydrogens is 334 g/mol. The molecule has 0 bridgehead atoms. The molecule has 2 aromatic carbocycles. The number of hydrogen-bond donors (Lipinski definition) is 2. The molecule has 0 spiro atoms. The highest BCUT2D eigenvalue weighted by molar-refractivity contribution is 7.99. The van der Waals surface area contributed by atoms with E-state index in [2.05, 4.69) is 10.6 Å². The van der Waals surface area contributed by atoms with E-state index in [0.29, 0.717) is 33.8 Å². The third-order valence-corrected chi connectivity index (χ3v) is 3.94. The smallest absolute Gasteiger partial charge is 0.288 e. The largest absolute Gasteiger partial charge is 0.495 e. The van der Waals surface area contributed by atoms with Crippen LogP contribution in [0, 0.1) is 0 Å². The lowest BCUT2D eigenvalue weighted by atomic mass is 10.2. The molecule has 0 aliphatic rings. The molecular formula is C17H18F2N2O2S. The second kappa shape index (κ2) is 8.54. The van der Waals surface area contributed by atoms with Crippen LogP contribution in [0.25, 0.3) is 0 Å². The number of anilines is 2. The van der Waals surface area contributed by atoms with Crippen LogP contribution in [-0.2, 0) is 4.79 Å². The van der Waals surface area contributed by atoms with Crippen LogP contribution in [0.4, 0.5) is 20.2 Å². The van der Waals surface area contributed by atoms with Crippen LogP contribution in [0.3, 0.4) is 0 Å². The molecule has 0 aliphatic carbocycles. The van der Waals surface area contributed by atoms with E-state index < -0.39 is 11.8 Å². The van der Waals surface area contributed by atoms with Crippen LogP contribution in [-0.4, -0.2) is 24.8 Å². The SMILES string of the molecule is COc1ccccc1NC(=O)[C@H](C)Nc1ccc(SC(F)F)cc1. The van der Waals surface area contributed by atoms with Crippen molar-refractivity contribution >= 4 is 29.0 Å². The number of alkyl halides is 2. The van der Waals surface area contributed by atoms with Crippen molar-refractivity contribution < 1.29 is 18.3 Å². The van der Waals surface area contributed by atoms with Gasteiger partial charge in [-0.3, -0.25) is 4.79 Å². The van der Waals surface area contributed by atoms with Crippen molar-refractivity contribution in [3.05, 3.63) is 48.5 Å². The number of halogens is 2. The topological polar surface area (TPSA) is 50.4 Å². The Bertz CT molecular complexity index is 681. The van der Waals surface area contributed by atoms with Gasteiger partial charge in [-0.05, 0) is 43.3 Å².